The Bertz CT molecular complexity index is 1300. The van der Waals surface area contributed by atoms with Crippen molar-refractivity contribution in [2.24, 2.45) is 5.92 Å². The maximum atomic E-state index is 14.5. The van der Waals surface area contributed by atoms with Gasteiger partial charge < -0.3 is 25.0 Å². The van der Waals surface area contributed by atoms with Gasteiger partial charge >= 0.3 is 12.1 Å². The standard InChI is InChI=1S/C38H57N3O6/c1-11-12-13-17-24-41(34(43)31(26(2)3)40-36(45)47-38(8,9)10)32(29-22-20-27(4)21-23-29)33(42)39-30(35(44)46-37(5,6)7)25-28-18-15-14-16-19-28/h14-16,18-23,26,30-32H,11-13,17,24-25H2,1-10H3,(H,39,42)(H,40,45). The van der Waals surface area contributed by atoms with Gasteiger partial charge in [-0.15, -0.1) is 0 Å². The van der Waals surface area contributed by atoms with Gasteiger partial charge in [-0.3, -0.25) is 9.59 Å². The highest BCUT2D eigenvalue weighted by atomic mass is 16.6. The molecule has 9 heteroatoms. The van der Waals surface area contributed by atoms with Gasteiger partial charge in [0.25, 0.3) is 0 Å². The smallest absolute Gasteiger partial charge is 0.408 e. The molecule has 0 aliphatic carbocycles. The predicted molar refractivity (Wildman–Crippen MR) is 186 cm³/mol. The number of nitrogens with zero attached hydrogens (tertiary/aromatic N) is 1. The minimum Gasteiger partial charge on any atom is -0.458 e. The average molecular weight is 652 g/mol. The monoisotopic (exact) mass is 651 g/mol. The Hall–Kier alpha value is -3.88. The number of amides is 3. The van der Waals surface area contributed by atoms with Crippen molar-refractivity contribution in [3.8, 4) is 0 Å². The van der Waals surface area contributed by atoms with Gasteiger partial charge in [-0.2, -0.15) is 0 Å². The van der Waals surface area contributed by atoms with Crippen LogP contribution >= 0.6 is 0 Å². The first kappa shape index (κ1) is 39.3. The zero-order valence-corrected chi connectivity index (χ0v) is 30.1. The maximum Gasteiger partial charge on any atom is 0.408 e. The quantitative estimate of drug-likeness (QED) is 0.157. The van der Waals surface area contributed by atoms with Crippen LogP contribution in [0.4, 0.5) is 4.79 Å². The van der Waals surface area contributed by atoms with Crippen molar-refractivity contribution in [2.45, 2.75) is 131 Å². The molecule has 2 N–H and O–H groups in total. The number of carbonyl (C=O) groups is 4. The Balaban J connectivity index is 2.61. The Labute approximate surface area is 282 Å². The highest BCUT2D eigenvalue weighted by molar-refractivity contribution is 5.94. The van der Waals surface area contributed by atoms with E-state index in [-0.39, 0.29) is 18.9 Å². The Kier molecular flexibility index (Phi) is 14.9. The number of alkyl carbamates (subject to hydrolysis) is 1. The molecule has 0 radical (unpaired) electrons. The summed E-state index contributed by atoms with van der Waals surface area (Å²) in [6.45, 7) is 18.6. The molecule has 0 aliphatic heterocycles. The van der Waals surface area contributed by atoms with E-state index in [1.807, 2.05) is 75.4 Å². The van der Waals surface area contributed by atoms with E-state index in [4.69, 9.17) is 9.47 Å². The summed E-state index contributed by atoms with van der Waals surface area (Å²) in [4.78, 5) is 57.0. The minimum absolute atomic E-state index is 0.210. The van der Waals surface area contributed by atoms with Crippen LogP contribution in [0.15, 0.2) is 54.6 Å². The van der Waals surface area contributed by atoms with Crippen LogP contribution in [0.25, 0.3) is 0 Å². The molecular formula is C38H57N3O6. The van der Waals surface area contributed by atoms with Crippen LogP contribution in [-0.4, -0.2) is 58.6 Å². The third kappa shape index (κ3) is 13.8. The van der Waals surface area contributed by atoms with E-state index in [0.717, 1.165) is 30.4 Å². The molecule has 9 nitrogen and oxygen atoms in total. The van der Waals surface area contributed by atoms with Crippen molar-refractivity contribution in [1.29, 1.82) is 0 Å². The molecule has 0 spiro atoms. The fraction of sp³-hybridized carbons (Fsp3) is 0.579. The SMILES string of the molecule is CCCCCCN(C(=O)C(NC(=O)OC(C)(C)C)C(C)C)C(C(=O)NC(Cc1ccccc1)C(=O)OC(C)(C)C)c1ccc(C)cc1. The second-order valence-electron chi connectivity index (χ2n) is 14.6. The molecule has 0 bridgehead atoms. The highest BCUT2D eigenvalue weighted by Crippen LogP contribution is 2.26. The summed E-state index contributed by atoms with van der Waals surface area (Å²) in [6.07, 6.45) is 3.00. The van der Waals surface area contributed by atoms with Crippen LogP contribution < -0.4 is 10.6 Å². The lowest BCUT2D eigenvalue weighted by atomic mass is 9.97. The maximum absolute atomic E-state index is 14.5. The molecule has 3 atom stereocenters. The number of hydrogen-bond donors (Lipinski definition) is 2. The van der Waals surface area contributed by atoms with E-state index in [2.05, 4.69) is 17.6 Å². The summed E-state index contributed by atoms with van der Waals surface area (Å²) >= 11 is 0. The molecule has 3 amide bonds. The zero-order chi connectivity index (χ0) is 35.4. The second kappa shape index (κ2) is 17.9. The van der Waals surface area contributed by atoms with Gasteiger partial charge in [0.05, 0.1) is 0 Å². The number of nitrogens with one attached hydrogen (secondary N) is 2. The Morgan fingerprint density at radius 2 is 1.38 bits per heavy atom. The van der Waals surface area contributed by atoms with Crippen molar-refractivity contribution in [3.05, 3.63) is 71.3 Å². The molecule has 0 heterocycles. The van der Waals surface area contributed by atoms with E-state index >= 15 is 0 Å². The van der Waals surface area contributed by atoms with Crippen molar-refractivity contribution in [1.82, 2.24) is 15.5 Å². The van der Waals surface area contributed by atoms with Gasteiger partial charge in [-0.25, -0.2) is 9.59 Å². The molecule has 0 aromatic heterocycles. The average Bonchev–Trinajstić information content (AvgIpc) is 2.96. The number of aryl methyl sites for hydroxylation is 1. The number of unbranched alkanes of at least 4 members (excludes halogenated alkanes) is 3. The molecule has 0 saturated heterocycles. The number of benzene rings is 2. The molecule has 2 rings (SSSR count). The normalized spacial score (nSPS) is 13.7. The first-order valence-corrected chi connectivity index (χ1v) is 16.9. The van der Waals surface area contributed by atoms with Crippen LogP contribution in [0.1, 0.15) is 111 Å². The van der Waals surface area contributed by atoms with Crippen LogP contribution in [0.3, 0.4) is 0 Å². The first-order chi connectivity index (χ1) is 21.9. The van der Waals surface area contributed by atoms with Crippen molar-refractivity contribution >= 4 is 23.9 Å². The molecule has 0 fully saturated rings. The van der Waals surface area contributed by atoms with Crippen LogP contribution in [0.2, 0.25) is 0 Å². The van der Waals surface area contributed by atoms with Crippen molar-refractivity contribution in [2.75, 3.05) is 6.54 Å². The molecule has 2 aromatic rings. The molecule has 260 valence electrons. The summed E-state index contributed by atoms with van der Waals surface area (Å²) in [6, 6.07) is 13.8. The van der Waals surface area contributed by atoms with Crippen LogP contribution in [0.5, 0.6) is 0 Å². The van der Waals surface area contributed by atoms with Gasteiger partial charge in [0.2, 0.25) is 11.8 Å². The molecule has 2 aromatic carbocycles. The predicted octanol–water partition coefficient (Wildman–Crippen LogP) is 7.06. The van der Waals surface area contributed by atoms with Crippen LogP contribution in [0, 0.1) is 12.8 Å². The third-order valence-corrected chi connectivity index (χ3v) is 7.38. The number of ether oxygens (including phenoxy) is 2. The molecule has 0 saturated carbocycles. The lowest BCUT2D eigenvalue weighted by Crippen LogP contribution is -2.56. The molecular weight excluding hydrogens is 594 g/mol. The number of esters is 1. The van der Waals surface area contributed by atoms with Crippen molar-refractivity contribution < 1.29 is 28.7 Å². The van der Waals surface area contributed by atoms with Gasteiger partial charge in [-0.1, -0.05) is 100 Å². The van der Waals surface area contributed by atoms with E-state index in [9.17, 15) is 19.2 Å². The molecule has 47 heavy (non-hydrogen) atoms. The summed E-state index contributed by atoms with van der Waals surface area (Å²) in [5.74, 6) is -1.78. The molecule has 3 unspecified atom stereocenters. The highest BCUT2D eigenvalue weighted by Gasteiger charge is 2.39. The zero-order valence-electron chi connectivity index (χ0n) is 30.1. The van der Waals surface area contributed by atoms with Crippen molar-refractivity contribution in [3.63, 3.8) is 0 Å². The minimum atomic E-state index is -1.08. The summed E-state index contributed by atoms with van der Waals surface area (Å²) < 4.78 is 11.2. The third-order valence-electron chi connectivity index (χ3n) is 7.38. The fourth-order valence-electron chi connectivity index (χ4n) is 5.09. The summed E-state index contributed by atoms with van der Waals surface area (Å²) in [5, 5.41) is 5.73. The topological polar surface area (TPSA) is 114 Å². The number of rotatable bonds is 15. The van der Waals surface area contributed by atoms with E-state index in [1.54, 1.807) is 46.4 Å². The van der Waals surface area contributed by atoms with E-state index < -0.39 is 53.2 Å². The van der Waals surface area contributed by atoms with Gasteiger partial charge in [0.1, 0.15) is 29.3 Å². The summed E-state index contributed by atoms with van der Waals surface area (Å²) in [7, 11) is 0. The van der Waals surface area contributed by atoms with Gasteiger partial charge in [0.15, 0.2) is 0 Å². The number of carbonyl (C=O) groups excluding carboxylic acids is 4. The van der Waals surface area contributed by atoms with E-state index in [1.165, 1.54) is 0 Å². The summed E-state index contributed by atoms with van der Waals surface area (Å²) in [5.41, 5.74) is 0.917. The fourth-order valence-corrected chi connectivity index (χ4v) is 5.09. The van der Waals surface area contributed by atoms with E-state index in [0.29, 0.717) is 12.0 Å². The first-order valence-electron chi connectivity index (χ1n) is 16.9. The number of hydrogen-bond acceptors (Lipinski definition) is 6. The lowest BCUT2D eigenvalue weighted by molar-refractivity contribution is -0.159. The largest absolute Gasteiger partial charge is 0.458 e. The van der Waals surface area contributed by atoms with Gasteiger partial charge in [-0.05, 0) is 71.9 Å². The lowest BCUT2D eigenvalue weighted by Gasteiger charge is -2.36. The molecule has 0 aliphatic rings. The Morgan fingerprint density at radius 3 is 1.91 bits per heavy atom. The van der Waals surface area contributed by atoms with Gasteiger partial charge in [0, 0.05) is 13.0 Å². The Morgan fingerprint density at radius 1 is 0.787 bits per heavy atom. The second-order valence-corrected chi connectivity index (χ2v) is 14.6. The van der Waals surface area contributed by atoms with Crippen LogP contribution in [-0.2, 0) is 30.3 Å².